The van der Waals surface area contributed by atoms with Crippen LogP contribution in [0.25, 0.3) is 38.9 Å². The molecule has 0 bridgehead atoms. The van der Waals surface area contributed by atoms with Crippen molar-refractivity contribution in [3.05, 3.63) is 126 Å². The van der Waals surface area contributed by atoms with E-state index in [-0.39, 0.29) is 5.91 Å². The highest BCUT2D eigenvalue weighted by atomic mass is 16.1. The third-order valence-corrected chi connectivity index (χ3v) is 6.52. The molecule has 3 heteroatoms. The molecule has 1 aliphatic rings. The number of hydrogen-bond acceptors (Lipinski definition) is 1. The Morgan fingerprint density at radius 2 is 1.59 bits per heavy atom. The molecule has 0 radical (unpaired) electrons. The molecule has 34 heavy (non-hydrogen) atoms. The van der Waals surface area contributed by atoms with Crippen molar-refractivity contribution in [3.63, 3.8) is 0 Å². The van der Waals surface area contributed by atoms with Crippen molar-refractivity contribution in [1.29, 1.82) is 0 Å². The van der Waals surface area contributed by atoms with Gasteiger partial charge in [-0.25, -0.2) is 0 Å². The number of benzene rings is 4. The van der Waals surface area contributed by atoms with Gasteiger partial charge in [-0.3, -0.25) is 4.79 Å². The number of para-hydroxylation sites is 1. The summed E-state index contributed by atoms with van der Waals surface area (Å²) in [4.78, 5) is 16.5. The van der Waals surface area contributed by atoms with Crippen molar-refractivity contribution >= 4 is 44.8 Å². The summed E-state index contributed by atoms with van der Waals surface area (Å²) in [6.07, 6.45) is 6.99. The summed E-state index contributed by atoms with van der Waals surface area (Å²) in [5, 5.41) is 6.77. The van der Waals surface area contributed by atoms with Gasteiger partial charge in [-0.05, 0) is 69.3 Å². The number of H-pyrrole nitrogens is 1. The van der Waals surface area contributed by atoms with Gasteiger partial charge in [0.1, 0.15) is 0 Å². The maximum atomic E-state index is 13.2. The molecule has 0 atom stereocenters. The van der Waals surface area contributed by atoms with Crippen molar-refractivity contribution in [2.24, 2.45) is 0 Å². The van der Waals surface area contributed by atoms with Gasteiger partial charge in [-0.15, -0.1) is 0 Å². The smallest absolute Gasteiger partial charge is 0.251 e. The van der Waals surface area contributed by atoms with Crippen LogP contribution in [-0.4, -0.2) is 17.4 Å². The summed E-state index contributed by atoms with van der Waals surface area (Å²) in [7, 11) is 0. The number of carbonyl (C=O) groups excluding carboxylic acids is 1. The first kappa shape index (κ1) is 20.3. The fourth-order valence-corrected chi connectivity index (χ4v) is 4.81. The zero-order chi connectivity index (χ0) is 22.9. The second kappa shape index (κ2) is 8.53. The highest BCUT2D eigenvalue weighted by Crippen LogP contribution is 2.36. The average Bonchev–Trinajstić information content (AvgIpc) is 3.46. The molecule has 1 aromatic heterocycles. The number of allylic oxidation sites excluding steroid dienone is 2. The van der Waals surface area contributed by atoms with Gasteiger partial charge in [0.05, 0.1) is 0 Å². The Labute approximate surface area is 198 Å². The highest BCUT2D eigenvalue weighted by molar-refractivity contribution is 6.26. The number of rotatable bonds is 5. The molecule has 5 aromatic rings. The molecular formula is C31H24N2O. The standard InChI is InChI=1S/C31H24N2O/c34-31(32-16-15-24-20-33-30-12-6-5-10-27(24)30)29-19-25(26-9-3-4-11-28(26)29)18-21-13-14-22-7-1-2-8-23(22)17-21/h1-14,17-20,33H,15-16H2,(H,32,34)/b25-18+. The third-order valence-electron chi connectivity index (χ3n) is 6.52. The number of carbonyl (C=O) groups is 1. The topological polar surface area (TPSA) is 44.9 Å². The summed E-state index contributed by atoms with van der Waals surface area (Å²) >= 11 is 0. The minimum Gasteiger partial charge on any atom is -0.361 e. The van der Waals surface area contributed by atoms with Gasteiger partial charge in [0.25, 0.3) is 5.91 Å². The zero-order valence-corrected chi connectivity index (χ0v) is 18.7. The number of aromatic nitrogens is 1. The molecule has 1 amide bonds. The summed E-state index contributed by atoms with van der Waals surface area (Å²) < 4.78 is 0. The number of nitrogens with one attached hydrogen (secondary N) is 2. The maximum Gasteiger partial charge on any atom is 0.251 e. The maximum absolute atomic E-state index is 13.2. The van der Waals surface area contributed by atoms with E-state index in [1.165, 1.54) is 21.7 Å². The van der Waals surface area contributed by atoms with Crippen LogP contribution in [0.4, 0.5) is 0 Å². The van der Waals surface area contributed by atoms with E-state index in [2.05, 4.69) is 77.0 Å². The van der Waals surface area contributed by atoms with Gasteiger partial charge in [0.2, 0.25) is 0 Å². The van der Waals surface area contributed by atoms with Crippen molar-refractivity contribution in [3.8, 4) is 0 Å². The van der Waals surface area contributed by atoms with E-state index < -0.39 is 0 Å². The number of hydrogen-bond donors (Lipinski definition) is 2. The van der Waals surface area contributed by atoms with Crippen LogP contribution in [0.1, 0.15) is 22.3 Å². The van der Waals surface area contributed by atoms with Crippen molar-refractivity contribution in [2.75, 3.05) is 6.54 Å². The van der Waals surface area contributed by atoms with Crippen LogP contribution in [0.2, 0.25) is 0 Å². The lowest BCUT2D eigenvalue weighted by atomic mass is 10.0. The first-order valence-electron chi connectivity index (χ1n) is 11.6. The van der Waals surface area contributed by atoms with Crippen molar-refractivity contribution in [1.82, 2.24) is 10.3 Å². The van der Waals surface area contributed by atoms with E-state index in [1.54, 1.807) is 0 Å². The molecule has 2 N–H and O–H groups in total. The first-order valence-corrected chi connectivity index (χ1v) is 11.6. The summed E-state index contributed by atoms with van der Waals surface area (Å²) in [6.45, 7) is 0.587. The lowest BCUT2D eigenvalue weighted by molar-refractivity contribution is -0.115. The second-order valence-corrected chi connectivity index (χ2v) is 8.68. The van der Waals surface area contributed by atoms with Crippen LogP contribution in [-0.2, 0) is 11.2 Å². The molecule has 4 aromatic carbocycles. The molecule has 0 saturated carbocycles. The van der Waals surface area contributed by atoms with Gasteiger partial charge in [-0.2, -0.15) is 0 Å². The Kier molecular flexibility index (Phi) is 5.08. The van der Waals surface area contributed by atoms with Crippen LogP contribution >= 0.6 is 0 Å². The fourth-order valence-electron chi connectivity index (χ4n) is 4.81. The average molecular weight is 441 g/mol. The third kappa shape index (κ3) is 3.71. The van der Waals surface area contributed by atoms with E-state index in [4.69, 9.17) is 0 Å². The Balaban J connectivity index is 1.24. The van der Waals surface area contributed by atoms with Crippen LogP contribution in [0.3, 0.4) is 0 Å². The zero-order valence-electron chi connectivity index (χ0n) is 18.7. The molecule has 0 fully saturated rings. The Morgan fingerprint density at radius 1 is 0.824 bits per heavy atom. The largest absolute Gasteiger partial charge is 0.361 e. The van der Waals surface area contributed by atoms with Gasteiger partial charge < -0.3 is 10.3 Å². The first-order chi connectivity index (χ1) is 16.8. The molecule has 0 unspecified atom stereocenters. The SMILES string of the molecule is O=C(NCCc1c[nH]c2ccccc12)C1=C/C(=C\c2ccc3ccccc3c2)c2ccccc21. The number of fused-ring (bicyclic) bond motifs is 3. The van der Waals surface area contributed by atoms with E-state index in [9.17, 15) is 4.79 Å². The molecule has 1 heterocycles. The molecular weight excluding hydrogens is 416 g/mol. The molecule has 0 spiro atoms. The van der Waals surface area contributed by atoms with E-state index in [1.807, 2.05) is 42.6 Å². The fraction of sp³-hybridized carbons (Fsp3) is 0.0645. The van der Waals surface area contributed by atoms with E-state index in [0.29, 0.717) is 6.54 Å². The van der Waals surface area contributed by atoms with Crippen LogP contribution in [0.5, 0.6) is 0 Å². The van der Waals surface area contributed by atoms with E-state index >= 15 is 0 Å². The summed E-state index contributed by atoms with van der Waals surface area (Å²) in [6, 6.07) is 31.2. The molecule has 0 saturated heterocycles. The molecule has 1 aliphatic carbocycles. The minimum absolute atomic E-state index is 0.0331. The van der Waals surface area contributed by atoms with Crippen molar-refractivity contribution < 1.29 is 4.79 Å². The molecule has 3 nitrogen and oxygen atoms in total. The van der Waals surface area contributed by atoms with Crippen LogP contribution in [0, 0.1) is 0 Å². The van der Waals surface area contributed by atoms with Crippen LogP contribution in [0.15, 0.2) is 103 Å². The quantitative estimate of drug-likeness (QED) is 0.317. The summed E-state index contributed by atoms with van der Waals surface area (Å²) in [5.74, 6) is -0.0331. The number of amides is 1. The van der Waals surface area contributed by atoms with E-state index in [0.717, 1.165) is 39.8 Å². The van der Waals surface area contributed by atoms with Gasteiger partial charge in [0, 0.05) is 29.2 Å². The van der Waals surface area contributed by atoms with Crippen LogP contribution < -0.4 is 5.32 Å². The van der Waals surface area contributed by atoms with Crippen molar-refractivity contribution in [2.45, 2.75) is 6.42 Å². The van der Waals surface area contributed by atoms with Gasteiger partial charge >= 0.3 is 0 Å². The lowest BCUT2D eigenvalue weighted by Gasteiger charge is -2.07. The predicted molar refractivity (Wildman–Crippen MR) is 141 cm³/mol. The minimum atomic E-state index is -0.0331. The predicted octanol–water partition coefficient (Wildman–Crippen LogP) is 6.62. The monoisotopic (exact) mass is 440 g/mol. The second-order valence-electron chi connectivity index (χ2n) is 8.68. The summed E-state index contributed by atoms with van der Waals surface area (Å²) in [5.41, 5.74) is 7.33. The molecule has 0 aliphatic heterocycles. The Bertz CT molecular complexity index is 1600. The number of aromatic amines is 1. The molecule has 6 rings (SSSR count). The Morgan fingerprint density at radius 3 is 2.50 bits per heavy atom. The highest BCUT2D eigenvalue weighted by Gasteiger charge is 2.23. The normalized spacial score (nSPS) is 13.9. The van der Waals surface area contributed by atoms with Gasteiger partial charge in [-0.1, -0.05) is 78.9 Å². The lowest BCUT2D eigenvalue weighted by Crippen LogP contribution is -2.26. The van der Waals surface area contributed by atoms with Gasteiger partial charge in [0.15, 0.2) is 0 Å². The Hall–Kier alpha value is -4.37. The molecule has 164 valence electrons.